The standard InChI is InChI=1S/C21H20F2N4O3/c1-21(2,3)17-11-18(27-30-17)26-20(29)24-14-7-4-12(5-8-14)19(28)25-16-9-6-13(22)10-15(16)23/h4-11H,1-3H3,(H,25,28)(H2,24,26,27,29). The first-order chi connectivity index (χ1) is 14.1. The molecule has 0 spiro atoms. The minimum absolute atomic E-state index is 0.134. The van der Waals surface area contributed by atoms with Crippen LogP contribution in [0, 0.1) is 11.6 Å². The Morgan fingerprint density at radius 3 is 2.23 bits per heavy atom. The van der Waals surface area contributed by atoms with E-state index in [0.29, 0.717) is 17.5 Å². The van der Waals surface area contributed by atoms with Gasteiger partial charge in [-0.2, -0.15) is 0 Å². The normalized spacial score (nSPS) is 11.1. The van der Waals surface area contributed by atoms with Crippen LogP contribution in [0.2, 0.25) is 0 Å². The zero-order chi connectivity index (χ0) is 21.9. The van der Waals surface area contributed by atoms with Crippen molar-refractivity contribution in [1.29, 1.82) is 0 Å². The van der Waals surface area contributed by atoms with E-state index in [9.17, 15) is 18.4 Å². The summed E-state index contributed by atoms with van der Waals surface area (Å²) in [5.41, 5.74) is 0.286. The molecule has 7 nitrogen and oxygen atoms in total. The van der Waals surface area contributed by atoms with Gasteiger partial charge in [0.2, 0.25) is 0 Å². The molecule has 0 aliphatic rings. The molecule has 0 saturated carbocycles. The van der Waals surface area contributed by atoms with Gasteiger partial charge in [0, 0.05) is 28.8 Å². The van der Waals surface area contributed by atoms with Crippen LogP contribution in [0.1, 0.15) is 36.9 Å². The van der Waals surface area contributed by atoms with Crippen LogP contribution in [0.3, 0.4) is 0 Å². The Labute approximate surface area is 171 Å². The van der Waals surface area contributed by atoms with E-state index >= 15 is 0 Å². The molecule has 0 unspecified atom stereocenters. The van der Waals surface area contributed by atoms with Gasteiger partial charge in [0.05, 0.1) is 5.69 Å². The zero-order valence-corrected chi connectivity index (χ0v) is 16.5. The van der Waals surface area contributed by atoms with E-state index in [1.165, 1.54) is 24.3 Å². The Balaban J connectivity index is 1.59. The molecule has 156 valence electrons. The van der Waals surface area contributed by atoms with Gasteiger partial charge in [0.1, 0.15) is 17.4 Å². The average molecular weight is 414 g/mol. The second-order valence-corrected chi connectivity index (χ2v) is 7.56. The fourth-order valence-electron chi connectivity index (χ4n) is 2.46. The molecule has 3 aromatic rings. The van der Waals surface area contributed by atoms with Gasteiger partial charge in [-0.05, 0) is 36.4 Å². The lowest BCUT2D eigenvalue weighted by Gasteiger charge is -2.12. The van der Waals surface area contributed by atoms with Crippen molar-refractivity contribution < 1.29 is 22.9 Å². The number of hydrogen-bond donors (Lipinski definition) is 3. The predicted molar refractivity (Wildman–Crippen MR) is 109 cm³/mol. The summed E-state index contributed by atoms with van der Waals surface area (Å²) in [4.78, 5) is 24.3. The number of halogens is 2. The summed E-state index contributed by atoms with van der Waals surface area (Å²) in [7, 11) is 0. The number of amides is 3. The molecule has 0 atom stereocenters. The molecule has 3 amide bonds. The first-order valence-electron chi connectivity index (χ1n) is 9.03. The fourth-order valence-corrected chi connectivity index (χ4v) is 2.46. The van der Waals surface area contributed by atoms with E-state index in [1.807, 2.05) is 20.8 Å². The third kappa shape index (κ3) is 5.19. The lowest BCUT2D eigenvalue weighted by molar-refractivity contribution is 0.102. The van der Waals surface area contributed by atoms with E-state index in [2.05, 4.69) is 21.1 Å². The first kappa shape index (κ1) is 21.0. The van der Waals surface area contributed by atoms with Crippen molar-refractivity contribution in [3.05, 3.63) is 71.5 Å². The number of benzene rings is 2. The molecule has 0 radical (unpaired) electrons. The maximum atomic E-state index is 13.7. The minimum Gasteiger partial charge on any atom is -0.359 e. The number of urea groups is 1. The maximum absolute atomic E-state index is 13.7. The number of nitrogens with one attached hydrogen (secondary N) is 3. The average Bonchev–Trinajstić information content (AvgIpc) is 3.13. The van der Waals surface area contributed by atoms with Crippen LogP contribution in [-0.2, 0) is 5.41 Å². The molecule has 0 aliphatic carbocycles. The van der Waals surface area contributed by atoms with Crippen LogP contribution < -0.4 is 16.0 Å². The number of carbonyl (C=O) groups is 2. The Morgan fingerprint density at radius 1 is 0.933 bits per heavy atom. The van der Waals surface area contributed by atoms with Crippen molar-refractivity contribution in [3.8, 4) is 0 Å². The van der Waals surface area contributed by atoms with Crippen LogP contribution in [0.25, 0.3) is 0 Å². The van der Waals surface area contributed by atoms with E-state index in [-0.39, 0.29) is 22.5 Å². The second-order valence-electron chi connectivity index (χ2n) is 7.56. The molecule has 0 bridgehead atoms. The molecule has 0 aliphatic heterocycles. The molecule has 1 heterocycles. The second kappa shape index (κ2) is 8.32. The van der Waals surface area contributed by atoms with Gasteiger partial charge in [-0.3, -0.25) is 10.1 Å². The van der Waals surface area contributed by atoms with Gasteiger partial charge in [-0.1, -0.05) is 25.9 Å². The van der Waals surface area contributed by atoms with Crippen LogP contribution >= 0.6 is 0 Å². The van der Waals surface area contributed by atoms with E-state index in [0.717, 1.165) is 12.1 Å². The number of rotatable bonds is 4. The van der Waals surface area contributed by atoms with E-state index in [1.54, 1.807) is 6.07 Å². The summed E-state index contributed by atoms with van der Waals surface area (Å²) < 4.78 is 31.8. The first-order valence-corrected chi connectivity index (χ1v) is 9.03. The highest BCUT2D eigenvalue weighted by Gasteiger charge is 2.20. The van der Waals surface area contributed by atoms with E-state index < -0.39 is 23.6 Å². The molecule has 0 saturated heterocycles. The molecule has 3 rings (SSSR count). The molecule has 30 heavy (non-hydrogen) atoms. The SMILES string of the molecule is CC(C)(C)c1cc(NC(=O)Nc2ccc(C(=O)Nc3ccc(F)cc3F)cc2)no1. The molecule has 9 heteroatoms. The van der Waals surface area contributed by atoms with Gasteiger partial charge in [-0.25, -0.2) is 13.6 Å². The maximum Gasteiger partial charge on any atom is 0.324 e. The third-order valence-electron chi connectivity index (χ3n) is 4.08. The van der Waals surface area contributed by atoms with Crippen molar-refractivity contribution in [3.63, 3.8) is 0 Å². The lowest BCUT2D eigenvalue weighted by Crippen LogP contribution is -2.20. The Hall–Kier alpha value is -3.75. The molecule has 2 aromatic carbocycles. The molecular weight excluding hydrogens is 394 g/mol. The molecule has 0 fully saturated rings. The number of hydrogen-bond acceptors (Lipinski definition) is 4. The predicted octanol–water partition coefficient (Wildman–Crippen LogP) is 5.15. The van der Waals surface area contributed by atoms with Crippen LogP contribution in [0.5, 0.6) is 0 Å². The van der Waals surface area contributed by atoms with Crippen molar-refractivity contribution in [2.75, 3.05) is 16.0 Å². The lowest BCUT2D eigenvalue weighted by atomic mass is 9.93. The van der Waals surface area contributed by atoms with Crippen LogP contribution in [0.4, 0.5) is 30.8 Å². The molecule has 3 N–H and O–H groups in total. The number of aromatic nitrogens is 1. The van der Waals surface area contributed by atoms with Crippen molar-refractivity contribution in [2.24, 2.45) is 0 Å². The summed E-state index contributed by atoms with van der Waals surface area (Å²) >= 11 is 0. The summed E-state index contributed by atoms with van der Waals surface area (Å²) in [5.74, 6) is -1.28. The van der Waals surface area contributed by atoms with Crippen LogP contribution in [0.15, 0.2) is 53.1 Å². The van der Waals surface area contributed by atoms with Crippen LogP contribution in [-0.4, -0.2) is 17.1 Å². The minimum atomic E-state index is -0.874. The summed E-state index contributed by atoms with van der Waals surface area (Å²) in [6, 6.07) is 9.91. The van der Waals surface area contributed by atoms with Gasteiger partial charge in [-0.15, -0.1) is 0 Å². The highest BCUT2D eigenvalue weighted by Crippen LogP contribution is 2.24. The van der Waals surface area contributed by atoms with Gasteiger partial charge in [0.25, 0.3) is 5.91 Å². The monoisotopic (exact) mass is 414 g/mol. The van der Waals surface area contributed by atoms with Crippen molar-refractivity contribution in [2.45, 2.75) is 26.2 Å². The fraction of sp³-hybridized carbons (Fsp3) is 0.190. The highest BCUT2D eigenvalue weighted by molar-refractivity contribution is 6.05. The Morgan fingerprint density at radius 2 is 1.63 bits per heavy atom. The van der Waals surface area contributed by atoms with Crippen molar-refractivity contribution >= 4 is 29.1 Å². The Kier molecular flexibility index (Phi) is 5.81. The van der Waals surface area contributed by atoms with Gasteiger partial charge >= 0.3 is 6.03 Å². The third-order valence-corrected chi connectivity index (χ3v) is 4.08. The number of anilines is 3. The number of carbonyl (C=O) groups excluding carboxylic acids is 2. The van der Waals surface area contributed by atoms with Gasteiger partial charge < -0.3 is 15.2 Å². The topological polar surface area (TPSA) is 96.3 Å². The molecular formula is C21H20F2N4O3. The summed E-state index contributed by atoms with van der Waals surface area (Å²) in [6.45, 7) is 5.87. The largest absolute Gasteiger partial charge is 0.359 e. The quantitative estimate of drug-likeness (QED) is 0.550. The summed E-state index contributed by atoms with van der Waals surface area (Å²) in [6.07, 6.45) is 0. The Bertz CT molecular complexity index is 1070. The van der Waals surface area contributed by atoms with Gasteiger partial charge in [0.15, 0.2) is 5.82 Å². The zero-order valence-electron chi connectivity index (χ0n) is 16.5. The smallest absolute Gasteiger partial charge is 0.324 e. The number of nitrogens with zero attached hydrogens (tertiary/aromatic N) is 1. The van der Waals surface area contributed by atoms with E-state index in [4.69, 9.17) is 4.52 Å². The van der Waals surface area contributed by atoms with Crippen molar-refractivity contribution in [1.82, 2.24) is 5.16 Å². The highest BCUT2D eigenvalue weighted by atomic mass is 19.1. The summed E-state index contributed by atoms with van der Waals surface area (Å²) in [5, 5.41) is 11.3. The molecule has 1 aromatic heterocycles.